The van der Waals surface area contributed by atoms with Crippen LogP contribution in [0.25, 0.3) is 0 Å². The van der Waals surface area contributed by atoms with Crippen LogP contribution in [0.4, 0.5) is 0 Å². The molecule has 0 unspecified atom stereocenters. The van der Waals surface area contributed by atoms with Crippen molar-refractivity contribution in [3.8, 4) is 0 Å². The van der Waals surface area contributed by atoms with Crippen LogP contribution in [0.15, 0.2) is 0 Å². The first-order valence-corrected chi connectivity index (χ1v) is 21.9. The van der Waals surface area contributed by atoms with Crippen LogP contribution in [-0.4, -0.2) is 62.3 Å². The van der Waals surface area contributed by atoms with Crippen molar-refractivity contribution in [3.05, 3.63) is 0 Å². The molecule has 0 amide bonds. The first kappa shape index (κ1) is 49.4. The molecule has 0 heterocycles. The van der Waals surface area contributed by atoms with Gasteiger partial charge in [-0.05, 0) is 97.2 Å². The van der Waals surface area contributed by atoms with Gasteiger partial charge in [0, 0.05) is 19.3 Å². The van der Waals surface area contributed by atoms with Gasteiger partial charge in [0.15, 0.2) is 0 Å². The summed E-state index contributed by atoms with van der Waals surface area (Å²) in [6.07, 6.45) is 30.4. The van der Waals surface area contributed by atoms with Gasteiger partial charge in [0.05, 0.1) is 6.61 Å². The molecule has 51 heavy (non-hydrogen) atoms. The second-order valence-corrected chi connectivity index (χ2v) is 15.6. The van der Waals surface area contributed by atoms with E-state index in [2.05, 4.69) is 32.6 Å². The molecule has 0 aliphatic carbocycles. The van der Waals surface area contributed by atoms with E-state index in [4.69, 9.17) is 14.2 Å². The van der Waals surface area contributed by atoms with Crippen molar-refractivity contribution >= 4 is 17.9 Å². The van der Waals surface area contributed by atoms with Crippen LogP contribution < -0.4 is 0 Å². The molecule has 0 saturated heterocycles. The zero-order valence-corrected chi connectivity index (χ0v) is 34.8. The maximum absolute atomic E-state index is 13.2. The Labute approximate surface area is 316 Å². The Morgan fingerprint density at radius 1 is 0.431 bits per heavy atom. The Bertz CT molecular complexity index is 724. The van der Waals surface area contributed by atoms with Crippen molar-refractivity contribution in [2.45, 2.75) is 233 Å². The van der Waals surface area contributed by atoms with Crippen LogP contribution >= 0.6 is 0 Å². The summed E-state index contributed by atoms with van der Waals surface area (Å²) in [5.74, 6) is -0.646. The molecule has 0 bridgehead atoms. The summed E-state index contributed by atoms with van der Waals surface area (Å²) in [6.45, 7) is 9.96. The van der Waals surface area contributed by atoms with Crippen LogP contribution in [0.3, 0.4) is 0 Å². The molecule has 0 spiro atoms. The third-order valence-electron chi connectivity index (χ3n) is 10.1. The molecule has 7 heteroatoms. The fraction of sp³-hybridized carbons (Fsp3) is 0.932. The Kier molecular flexibility index (Phi) is 35.5. The quantitative estimate of drug-likeness (QED) is 0.0356. The highest BCUT2D eigenvalue weighted by atomic mass is 16.5. The van der Waals surface area contributed by atoms with Crippen LogP contribution in [-0.2, 0) is 28.6 Å². The number of hydrogen-bond acceptors (Lipinski definition) is 7. The number of unbranched alkanes of at least 4 members (excludes halogenated alkanes) is 16. The van der Waals surface area contributed by atoms with Crippen LogP contribution in [0, 0.1) is 5.92 Å². The molecule has 0 aromatic heterocycles. The molecule has 0 N–H and O–H groups in total. The summed E-state index contributed by atoms with van der Waals surface area (Å²) in [6, 6.07) is 0. The highest BCUT2D eigenvalue weighted by Gasteiger charge is 2.21. The van der Waals surface area contributed by atoms with Gasteiger partial charge in [0.2, 0.25) is 0 Å². The van der Waals surface area contributed by atoms with Crippen molar-refractivity contribution in [3.63, 3.8) is 0 Å². The predicted octanol–water partition coefficient (Wildman–Crippen LogP) is 12.3. The third-order valence-corrected chi connectivity index (χ3v) is 10.1. The molecule has 302 valence electrons. The van der Waals surface area contributed by atoms with Crippen molar-refractivity contribution in [1.82, 2.24) is 4.90 Å². The SMILES string of the molecule is CCCCCCCC(CCCCCCC)OC(=O)CCC(CCC(=O)OC(CCCCCCC)CCCCCCC)COC(=O)CCCN(C)C. The monoisotopic (exact) mass is 724 g/mol. The lowest BCUT2D eigenvalue weighted by molar-refractivity contribution is -0.150. The number of hydrogen-bond donors (Lipinski definition) is 0. The lowest BCUT2D eigenvalue weighted by Gasteiger charge is -2.21. The maximum Gasteiger partial charge on any atom is 0.306 e. The zero-order valence-electron chi connectivity index (χ0n) is 34.8. The topological polar surface area (TPSA) is 82.1 Å². The number of ether oxygens (including phenoxy) is 3. The average Bonchev–Trinajstić information content (AvgIpc) is 3.10. The average molecular weight is 724 g/mol. The fourth-order valence-corrected chi connectivity index (χ4v) is 6.69. The van der Waals surface area contributed by atoms with Gasteiger partial charge < -0.3 is 19.1 Å². The fourth-order valence-electron chi connectivity index (χ4n) is 6.69. The minimum absolute atomic E-state index is 0.0235. The van der Waals surface area contributed by atoms with Gasteiger partial charge in [0.1, 0.15) is 12.2 Å². The summed E-state index contributed by atoms with van der Waals surface area (Å²) < 4.78 is 17.8. The molecule has 0 aromatic rings. The first-order valence-electron chi connectivity index (χ1n) is 21.9. The molecule has 0 aromatic carbocycles. The number of esters is 3. The van der Waals surface area contributed by atoms with Crippen molar-refractivity contribution in [2.75, 3.05) is 27.2 Å². The summed E-state index contributed by atoms with van der Waals surface area (Å²) in [7, 11) is 3.99. The van der Waals surface area contributed by atoms with Gasteiger partial charge >= 0.3 is 17.9 Å². The van der Waals surface area contributed by atoms with Crippen molar-refractivity contribution < 1.29 is 28.6 Å². The van der Waals surface area contributed by atoms with Gasteiger partial charge in [-0.2, -0.15) is 0 Å². The second kappa shape index (κ2) is 36.7. The molecule has 0 saturated carbocycles. The molecule has 7 nitrogen and oxygen atoms in total. The summed E-state index contributed by atoms with van der Waals surface area (Å²) in [5.41, 5.74) is 0. The molecule has 0 aliphatic rings. The minimum Gasteiger partial charge on any atom is -0.465 e. The van der Waals surface area contributed by atoms with E-state index in [1.165, 1.54) is 103 Å². The molecular weight excluding hydrogens is 638 g/mol. The van der Waals surface area contributed by atoms with Gasteiger partial charge in [-0.1, -0.05) is 130 Å². The van der Waals surface area contributed by atoms with Gasteiger partial charge in [-0.15, -0.1) is 0 Å². The predicted molar refractivity (Wildman–Crippen MR) is 214 cm³/mol. The molecule has 0 atom stereocenters. The number of rotatable bonds is 38. The van der Waals surface area contributed by atoms with Crippen LogP contribution in [0.1, 0.15) is 220 Å². The van der Waals surface area contributed by atoms with E-state index in [0.29, 0.717) is 19.3 Å². The van der Waals surface area contributed by atoms with E-state index in [-0.39, 0.29) is 55.5 Å². The van der Waals surface area contributed by atoms with Gasteiger partial charge in [-0.3, -0.25) is 14.4 Å². The van der Waals surface area contributed by atoms with Crippen molar-refractivity contribution in [2.24, 2.45) is 5.92 Å². The van der Waals surface area contributed by atoms with Crippen molar-refractivity contribution in [1.29, 1.82) is 0 Å². The first-order chi connectivity index (χ1) is 24.7. The Morgan fingerprint density at radius 2 is 0.784 bits per heavy atom. The van der Waals surface area contributed by atoms with Gasteiger partial charge in [-0.25, -0.2) is 0 Å². The number of carbonyl (C=O) groups excluding carboxylic acids is 3. The van der Waals surface area contributed by atoms with E-state index in [1.807, 2.05) is 14.1 Å². The molecule has 0 rings (SSSR count). The van der Waals surface area contributed by atoms with Crippen LogP contribution in [0.5, 0.6) is 0 Å². The Hall–Kier alpha value is -1.63. The van der Waals surface area contributed by atoms with E-state index in [0.717, 1.165) is 64.3 Å². The summed E-state index contributed by atoms with van der Waals surface area (Å²) in [4.78, 5) is 40.9. The summed E-state index contributed by atoms with van der Waals surface area (Å²) >= 11 is 0. The number of carbonyl (C=O) groups is 3. The lowest BCUT2D eigenvalue weighted by Crippen LogP contribution is -2.22. The van der Waals surface area contributed by atoms with E-state index < -0.39 is 0 Å². The minimum atomic E-state index is -0.218. The van der Waals surface area contributed by atoms with E-state index in [1.54, 1.807) is 0 Å². The summed E-state index contributed by atoms with van der Waals surface area (Å²) in [5, 5.41) is 0. The third kappa shape index (κ3) is 33.9. The normalized spacial score (nSPS) is 11.6. The largest absolute Gasteiger partial charge is 0.465 e. The molecule has 0 radical (unpaired) electrons. The van der Waals surface area contributed by atoms with E-state index in [9.17, 15) is 14.4 Å². The maximum atomic E-state index is 13.2. The van der Waals surface area contributed by atoms with Crippen LogP contribution in [0.2, 0.25) is 0 Å². The van der Waals surface area contributed by atoms with E-state index >= 15 is 0 Å². The Morgan fingerprint density at radius 3 is 1.12 bits per heavy atom. The smallest absolute Gasteiger partial charge is 0.306 e. The standard InChI is InChI=1S/C44H85NO6/c1-7-11-15-19-23-28-40(29-24-20-16-12-8-2)50-43(47)35-33-39(38-49-42(46)32-27-37-45(5)6)34-36-44(48)51-41(30-25-21-17-13-9-3)31-26-22-18-14-10-4/h39-41H,7-38H2,1-6H3. The number of nitrogens with zero attached hydrogens (tertiary/aromatic N) is 1. The highest BCUT2D eigenvalue weighted by Crippen LogP contribution is 2.22. The zero-order chi connectivity index (χ0) is 37.8. The lowest BCUT2D eigenvalue weighted by atomic mass is 9.98. The second-order valence-electron chi connectivity index (χ2n) is 15.6. The molecule has 0 fully saturated rings. The molecular formula is C44H85NO6. The highest BCUT2D eigenvalue weighted by molar-refractivity contribution is 5.70. The van der Waals surface area contributed by atoms with Gasteiger partial charge in [0.25, 0.3) is 0 Å². The molecule has 0 aliphatic heterocycles. The Balaban J connectivity index is 5.24.